The first-order chi connectivity index (χ1) is 12.1. The molecule has 0 bridgehead atoms. The molecule has 1 heterocycles. The maximum Gasteiger partial charge on any atom is 0.280 e. The van der Waals surface area contributed by atoms with Crippen LogP contribution in [0.2, 0.25) is 0 Å². The number of fused-ring (bicyclic) bond motifs is 1. The molecule has 1 amide bonds. The number of thioether (sulfide) groups is 1. The lowest BCUT2D eigenvalue weighted by molar-refractivity contribution is 0.0997. The summed E-state index contributed by atoms with van der Waals surface area (Å²) in [5, 5.41) is 0. The van der Waals surface area contributed by atoms with Crippen molar-refractivity contribution in [3.05, 3.63) is 57.3 Å². The van der Waals surface area contributed by atoms with Crippen molar-refractivity contribution in [1.82, 2.24) is 4.57 Å². The van der Waals surface area contributed by atoms with E-state index in [2.05, 4.69) is 31.7 Å². The van der Waals surface area contributed by atoms with Gasteiger partial charge in [0.1, 0.15) is 5.75 Å². The summed E-state index contributed by atoms with van der Waals surface area (Å²) in [5.74, 6) is 1.51. The predicted molar refractivity (Wildman–Crippen MR) is 109 cm³/mol. The monoisotopic (exact) mass is 436 g/mol. The molecule has 0 atom stereocenters. The van der Waals surface area contributed by atoms with Crippen molar-refractivity contribution in [3.8, 4) is 5.75 Å². The molecule has 3 rings (SSSR count). The summed E-state index contributed by atoms with van der Waals surface area (Å²) in [4.78, 5) is 17.7. The number of methoxy groups -OCH3 is 1. The van der Waals surface area contributed by atoms with Crippen LogP contribution >= 0.6 is 39.0 Å². The quantitative estimate of drug-likeness (QED) is 0.587. The van der Waals surface area contributed by atoms with Gasteiger partial charge in [0.15, 0.2) is 4.80 Å². The maximum absolute atomic E-state index is 12.6. The third-order valence-electron chi connectivity index (χ3n) is 3.71. The highest BCUT2D eigenvalue weighted by Gasteiger charge is 2.11. The number of benzene rings is 2. The standard InChI is InChI=1S/C18H17BrN2O2S2/c1-23-12-7-8-15-16(11-12)25-18(21(15)9-10-24-2)20-17(22)13-5-3-4-6-14(13)19/h3-8,11H,9-10H2,1-2H3. The molecule has 0 saturated carbocycles. The van der Waals surface area contributed by atoms with Crippen LogP contribution in [0.25, 0.3) is 10.2 Å². The number of aryl methyl sites for hydroxylation is 1. The molecule has 0 N–H and O–H groups in total. The Kier molecular flexibility index (Phi) is 5.98. The zero-order chi connectivity index (χ0) is 17.8. The fraction of sp³-hybridized carbons (Fsp3) is 0.222. The summed E-state index contributed by atoms with van der Waals surface area (Å²) in [7, 11) is 1.65. The number of ether oxygens (including phenoxy) is 1. The van der Waals surface area contributed by atoms with Crippen molar-refractivity contribution in [2.45, 2.75) is 6.54 Å². The number of carbonyl (C=O) groups is 1. The highest BCUT2D eigenvalue weighted by molar-refractivity contribution is 9.10. The van der Waals surface area contributed by atoms with E-state index < -0.39 is 0 Å². The number of nitrogens with zero attached hydrogens (tertiary/aromatic N) is 2. The van der Waals surface area contributed by atoms with Crippen LogP contribution in [0.5, 0.6) is 5.75 Å². The van der Waals surface area contributed by atoms with Crippen LogP contribution in [-0.2, 0) is 6.54 Å². The molecule has 4 nitrogen and oxygen atoms in total. The molecule has 0 aliphatic heterocycles. The number of thiazole rings is 1. The summed E-state index contributed by atoms with van der Waals surface area (Å²) in [6.07, 6.45) is 2.07. The highest BCUT2D eigenvalue weighted by Crippen LogP contribution is 2.24. The Morgan fingerprint density at radius 3 is 2.84 bits per heavy atom. The van der Waals surface area contributed by atoms with E-state index in [4.69, 9.17) is 4.74 Å². The Morgan fingerprint density at radius 1 is 1.32 bits per heavy atom. The van der Waals surface area contributed by atoms with Gasteiger partial charge in [-0.1, -0.05) is 23.5 Å². The van der Waals surface area contributed by atoms with Crippen molar-refractivity contribution >= 4 is 55.2 Å². The number of hydrogen-bond acceptors (Lipinski definition) is 4. The Hall–Kier alpha value is -1.57. The Balaban J connectivity index is 2.13. The fourth-order valence-corrected chi connectivity index (χ4v) is 4.35. The molecule has 0 unspecified atom stereocenters. The summed E-state index contributed by atoms with van der Waals surface area (Å²) in [6.45, 7) is 0.801. The highest BCUT2D eigenvalue weighted by atomic mass is 79.9. The number of amides is 1. The predicted octanol–water partition coefficient (Wildman–Crippen LogP) is 4.58. The molecule has 3 aromatic rings. The van der Waals surface area contributed by atoms with E-state index in [0.717, 1.165) is 32.7 Å². The molecule has 25 heavy (non-hydrogen) atoms. The summed E-state index contributed by atoms with van der Waals surface area (Å²) in [5.41, 5.74) is 1.63. The SMILES string of the molecule is COc1ccc2c(c1)sc(=NC(=O)c1ccccc1Br)n2CCSC. The van der Waals surface area contributed by atoms with E-state index in [1.165, 1.54) is 11.3 Å². The lowest BCUT2D eigenvalue weighted by atomic mass is 10.2. The number of carbonyl (C=O) groups excluding carboxylic acids is 1. The summed E-state index contributed by atoms with van der Waals surface area (Å²) in [6, 6.07) is 13.3. The van der Waals surface area contributed by atoms with E-state index in [1.54, 1.807) is 24.9 Å². The average Bonchev–Trinajstić information content (AvgIpc) is 2.96. The third-order valence-corrected chi connectivity index (χ3v) is 6.03. The van der Waals surface area contributed by atoms with Crippen molar-refractivity contribution in [2.75, 3.05) is 19.1 Å². The first-order valence-electron chi connectivity index (χ1n) is 7.64. The molecule has 130 valence electrons. The van der Waals surface area contributed by atoms with E-state index in [1.807, 2.05) is 36.4 Å². The van der Waals surface area contributed by atoms with Crippen molar-refractivity contribution in [2.24, 2.45) is 4.99 Å². The second kappa shape index (κ2) is 8.21. The molecule has 2 aromatic carbocycles. The van der Waals surface area contributed by atoms with Crippen molar-refractivity contribution in [3.63, 3.8) is 0 Å². The maximum atomic E-state index is 12.6. The number of halogens is 1. The van der Waals surface area contributed by atoms with Crippen LogP contribution in [0, 0.1) is 0 Å². The van der Waals surface area contributed by atoms with Crippen LogP contribution in [0.4, 0.5) is 0 Å². The van der Waals surface area contributed by atoms with Crippen LogP contribution < -0.4 is 9.54 Å². The zero-order valence-corrected chi connectivity index (χ0v) is 17.1. The van der Waals surface area contributed by atoms with Gasteiger partial charge in [0.2, 0.25) is 0 Å². The smallest absolute Gasteiger partial charge is 0.280 e. The Bertz CT molecular complexity index is 979. The summed E-state index contributed by atoms with van der Waals surface area (Å²) >= 11 is 6.69. The third kappa shape index (κ3) is 3.99. The molecule has 0 aliphatic rings. The number of aromatic nitrogens is 1. The molecule has 0 fully saturated rings. The molecule has 1 aromatic heterocycles. The minimum Gasteiger partial charge on any atom is -0.497 e. The zero-order valence-electron chi connectivity index (χ0n) is 13.9. The fourth-order valence-electron chi connectivity index (χ4n) is 2.45. The first kappa shape index (κ1) is 18.2. The van der Waals surface area contributed by atoms with Gasteiger partial charge in [-0.3, -0.25) is 4.79 Å². The van der Waals surface area contributed by atoms with Gasteiger partial charge in [-0.15, -0.1) is 0 Å². The van der Waals surface area contributed by atoms with E-state index in [9.17, 15) is 4.79 Å². The molecule has 0 saturated heterocycles. The Labute approximate surface area is 162 Å². The van der Waals surface area contributed by atoms with Crippen molar-refractivity contribution in [1.29, 1.82) is 0 Å². The van der Waals surface area contributed by atoms with E-state index in [0.29, 0.717) is 10.4 Å². The summed E-state index contributed by atoms with van der Waals surface area (Å²) < 4.78 is 9.22. The lowest BCUT2D eigenvalue weighted by Crippen LogP contribution is -2.18. The normalized spacial score (nSPS) is 11.9. The van der Waals surface area contributed by atoms with Gasteiger partial charge in [-0.25, -0.2) is 0 Å². The van der Waals surface area contributed by atoms with E-state index in [-0.39, 0.29) is 5.91 Å². The molecular formula is C18H17BrN2O2S2. The van der Waals surface area contributed by atoms with Crippen LogP contribution in [0.15, 0.2) is 51.9 Å². The molecule has 0 aliphatic carbocycles. The average molecular weight is 437 g/mol. The molecule has 7 heteroatoms. The second-order valence-electron chi connectivity index (χ2n) is 5.26. The molecule has 0 spiro atoms. The largest absolute Gasteiger partial charge is 0.497 e. The molecular weight excluding hydrogens is 420 g/mol. The van der Waals surface area contributed by atoms with E-state index >= 15 is 0 Å². The lowest BCUT2D eigenvalue weighted by Gasteiger charge is -2.05. The number of hydrogen-bond donors (Lipinski definition) is 0. The van der Waals surface area contributed by atoms with Gasteiger partial charge in [0.05, 0.1) is 22.9 Å². The topological polar surface area (TPSA) is 43.6 Å². The van der Waals surface area contributed by atoms with Gasteiger partial charge in [-0.05, 0) is 52.5 Å². The van der Waals surface area contributed by atoms with Crippen molar-refractivity contribution < 1.29 is 9.53 Å². The minimum absolute atomic E-state index is 0.246. The first-order valence-corrected chi connectivity index (χ1v) is 10.6. The van der Waals surface area contributed by atoms with Gasteiger partial charge in [0, 0.05) is 16.8 Å². The van der Waals surface area contributed by atoms with Crippen LogP contribution in [-0.4, -0.2) is 29.6 Å². The van der Waals surface area contributed by atoms with Gasteiger partial charge < -0.3 is 9.30 Å². The van der Waals surface area contributed by atoms with Crippen LogP contribution in [0.3, 0.4) is 0 Å². The minimum atomic E-state index is -0.246. The molecule has 0 radical (unpaired) electrons. The van der Waals surface area contributed by atoms with Gasteiger partial charge in [-0.2, -0.15) is 16.8 Å². The Morgan fingerprint density at radius 2 is 2.12 bits per heavy atom. The second-order valence-corrected chi connectivity index (χ2v) is 8.11. The van der Waals surface area contributed by atoms with Crippen LogP contribution in [0.1, 0.15) is 10.4 Å². The number of rotatable bonds is 5. The van der Waals surface area contributed by atoms with Gasteiger partial charge >= 0.3 is 0 Å². The van der Waals surface area contributed by atoms with Gasteiger partial charge in [0.25, 0.3) is 5.91 Å².